The summed E-state index contributed by atoms with van der Waals surface area (Å²) in [4.78, 5) is 0. The zero-order chi connectivity index (χ0) is 16.9. The van der Waals surface area contributed by atoms with Gasteiger partial charge in [0.05, 0.1) is 7.11 Å². The van der Waals surface area contributed by atoms with Gasteiger partial charge in [-0.2, -0.15) is 0 Å². The van der Waals surface area contributed by atoms with Crippen LogP contribution < -0.4 is 15.4 Å². The third-order valence-electron chi connectivity index (χ3n) is 3.60. The first kappa shape index (κ1) is 17.3. The molecule has 0 radical (unpaired) electrons. The van der Waals surface area contributed by atoms with Crippen LogP contribution in [0.5, 0.6) is 5.75 Å². The summed E-state index contributed by atoms with van der Waals surface area (Å²) in [6.07, 6.45) is 0. The number of rotatable bonds is 4. The quantitative estimate of drug-likeness (QED) is 0.811. The summed E-state index contributed by atoms with van der Waals surface area (Å²) >= 11 is 5.42. The van der Waals surface area contributed by atoms with E-state index < -0.39 is 0 Å². The number of nitrogens with one attached hydrogen (secondary N) is 2. The predicted octanol–water partition coefficient (Wildman–Crippen LogP) is 4.48. The Kier molecular flexibility index (Phi) is 5.61. The first-order chi connectivity index (χ1) is 10.9. The van der Waals surface area contributed by atoms with Crippen molar-refractivity contribution < 1.29 is 4.74 Å². The lowest BCUT2D eigenvalue weighted by atomic mass is 9.86. The van der Waals surface area contributed by atoms with E-state index in [4.69, 9.17) is 17.0 Å². The number of para-hydroxylation sites is 1. The van der Waals surface area contributed by atoms with Crippen LogP contribution in [0, 0.1) is 0 Å². The van der Waals surface area contributed by atoms with Crippen molar-refractivity contribution in [1.82, 2.24) is 5.32 Å². The number of methoxy groups -OCH3 is 1. The summed E-state index contributed by atoms with van der Waals surface area (Å²) in [5, 5.41) is 7.17. The van der Waals surface area contributed by atoms with Gasteiger partial charge in [-0.3, -0.25) is 0 Å². The molecule has 2 rings (SSSR count). The maximum absolute atomic E-state index is 5.42. The summed E-state index contributed by atoms with van der Waals surface area (Å²) < 4.78 is 5.16. The molecule has 0 saturated carbocycles. The van der Waals surface area contributed by atoms with E-state index in [2.05, 4.69) is 49.6 Å². The molecular weight excluding hydrogens is 304 g/mol. The topological polar surface area (TPSA) is 33.3 Å². The molecule has 0 unspecified atom stereocenters. The summed E-state index contributed by atoms with van der Waals surface area (Å²) in [6, 6.07) is 16.2. The van der Waals surface area contributed by atoms with E-state index in [1.807, 2.05) is 30.3 Å². The minimum absolute atomic E-state index is 0.0647. The van der Waals surface area contributed by atoms with Crippen molar-refractivity contribution in [2.24, 2.45) is 0 Å². The highest BCUT2D eigenvalue weighted by Gasteiger charge is 2.17. The van der Waals surface area contributed by atoms with E-state index in [0.717, 1.165) is 17.0 Å². The SMILES string of the molecule is COc1ccc(CNC(=S)Nc2ccccc2C(C)(C)C)cc1. The third-order valence-corrected chi connectivity index (χ3v) is 3.84. The van der Waals surface area contributed by atoms with Gasteiger partial charge in [0.1, 0.15) is 5.75 Å². The molecule has 2 aromatic rings. The average Bonchev–Trinajstić information content (AvgIpc) is 2.53. The van der Waals surface area contributed by atoms with E-state index in [1.165, 1.54) is 5.56 Å². The van der Waals surface area contributed by atoms with E-state index in [0.29, 0.717) is 11.7 Å². The zero-order valence-electron chi connectivity index (χ0n) is 14.1. The Morgan fingerprint density at radius 3 is 2.30 bits per heavy atom. The van der Waals surface area contributed by atoms with Crippen molar-refractivity contribution in [3.8, 4) is 5.75 Å². The van der Waals surface area contributed by atoms with Gasteiger partial charge in [-0.15, -0.1) is 0 Å². The number of hydrogen-bond donors (Lipinski definition) is 2. The van der Waals surface area contributed by atoms with Crippen LogP contribution in [0.25, 0.3) is 0 Å². The number of ether oxygens (including phenoxy) is 1. The van der Waals surface area contributed by atoms with Gasteiger partial charge in [-0.05, 0) is 47.0 Å². The predicted molar refractivity (Wildman–Crippen MR) is 101 cm³/mol. The van der Waals surface area contributed by atoms with Crippen molar-refractivity contribution in [2.75, 3.05) is 12.4 Å². The molecule has 4 heteroatoms. The molecule has 0 atom stereocenters. The van der Waals surface area contributed by atoms with E-state index in [-0.39, 0.29) is 5.41 Å². The molecule has 0 spiro atoms. The normalized spacial score (nSPS) is 11.0. The van der Waals surface area contributed by atoms with Crippen LogP contribution in [0.3, 0.4) is 0 Å². The van der Waals surface area contributed by atoms with Gasteiger partial charge in [0.2, 0.25) is 0 Å². The van der Waals surface area contributed by atoms with Crippen LogP contribution in [0.1, 0.15) is 31.9 Å². The highest BCUT2D eigenvalue weighted by Crippen LogP contribution is 2.29. The summed E-state index contributed by atoms with van der Waals surface area (Å²) in [5.74, 6) is 0.855. The molecule has 0 heterocycles. The summed E-state index contributed by atoms with van der Waals surface area (Å²) in [5.41, 5.74) is 3.51. The number of thiocarbonyl (C=S) groups is 1. The molecule has 0 aromatic heterocycles. The fraction of sp³-hybridized carbons (Fsp3) is 0.316. The second-order valence-electron chi connectivity index (χ2n) is 6.45. The molecule has 0 aliphatic carbocycles. The maximum Gasteiger partial charge on any atom is 0.171 e. The molecule has 0 fully saturated rings. The van der Waals surface area contributed by atoms with Crippen molar-refractivity contribution in [2.45, 2.75) is 32.7 Å². The Balaban J connectivity index is 1.97. The highest BCUT2D eigenvalue weighted by molar-refractivity contribution is 7.80. The Morgan fingerprint density at radius 2 is 1.70 bits per heavy atom. The Hall–Kier alpha value is -2.07. The van der Waals surface area contributed by atoms with Gasteiger partial charge in [0, 0.05) is 12.2 Å². The maximum atomic E-state index is 5.42. The molecule has 0 bridgehead atoms. The van der Waals surface area contributed by atoms with Gasteiger partial charge in [-0.25, -0.2) is 0 Å². The largest absolute Gasteiger partial charge is 0.497 e. The van der Waals surface area contributed by atoms with Crippen LogP contribution in [0.4, 0.5) is 5.69 Å². The number of benzene rings is 2. The van der Waals surface area contributed by atoms with E-state index in [9.17, 15) is 0 Å². The van der Waals surface area contributed by atoms with Gasteiger partial charge >= 0.3 is 0 Å². The second kappa shape index (κ2) is 7.47. The lowest BCUT2D eigenvalue weighted by Gasteiger charge is -2.23. The van der Waals surface area contributed by atoms with Crippen molar-refractivity contribution >= 4 is 23.0 Å². The Bertz CT molecular complexity index is 660. The standard InChI is InChI=1S/C19H24N2OS/c1-19(2,3)16-7-5-6-8-17(16)21-18(23)20-13-14-9-11-15(22-4)12-10-14/h5-12H,13H2,1-4H3,(H2,20,21,23). The smallest absolute Gasteiger partial charge is 0.171 e. The monoisotopic (exact) mass is 328 g/mol. The Morgan fingerprint density at radius 1 is 1.04 bits per heavy atom. The molecular formula is C19H24N2OS. The molecule has 2 N–H and O–H groups in total. The molecule has 3 nitrogen and oxygen atoms in total. The van der Waals surface area contributed by atoms with E-state index >= 15 is 0 Å². The number of anilines is 1. The summed E-state index contributed by atoms with van der Waals surface area (Å²) in [6.45, 7) is 7.26. The molecule has 2 aromatic carbocycles. The zero-order valence-corrected chi connectivity index (χ0v) is 15.0. The molecule has 0 amide bonds. The van der Waals surface area contributed by atoms with Gasteiger partial charge in [-0.1, -0.05) is 51.1 Å². The molecule has 122 valence electrons. The average molecular weight is 328 g/mol. The molecule has 0 aliphatic heterocycles. The van der Waals surface area contributed by atoms with Gasteiger partial charge < -0.3 is 15.4 Å². The lowest BCUT2D eigenvalue weighted by Crippen LogP contribution is -2.29. The molecule has 23 heavy (non-hydrogen) atoms. The fourth-order valence-electron chi connectivity index (χ4n) is 2.34. The minimum atomic E-state index is 0.0647. The van der Waals surface area contributed by atoms with Crippen LogP contribution in [0.2, 0.25) is 0 Å². The van der Waals surface area contributed by atoms with Crippen molar-refractivity contribution in [1.29, 1.82) is 0 Å². The molecule has 0 aliphatic rings. The van der Waals surface area contributed by atoms with E-state index in [1.54, 1.807) is 7.11 Å². The first-order valence-corrected chi connectivity index (χ1v) is 8.08. The number of hydrogen-bond acceptors (Lipinski definition) is 2. The van der Waals surface area contributed by atoms with Crippen molar-refractivity contribution in [3.63, 3.8) is 0 Å². The van der Waals surface area contributed by atoms with Crippen LogP contribution >= 0.6 is 12.2 Å². The van der Waals surface area contributed by atoms with Crippen LogP contribution in [-0.4, -0.2) is 12.2 Å². The van der Waals surface area contributed by atoms with Crippen LogP contribution in [-0.2, 0) is 12.0 Å². The second-order valence-corrected chi connectivity index (χ2v) is 6.86. The third kappa shape index (κ3) is 4.96. The Labute approximate surface area is 144 Å². The van der Waals surface area contributed by atoms with Gasteiger partial charge in [0.15, 0.2) is 5.11 Å². The first-order valence-electron chi connectivity index (χ1n) is 7.67. The van der Waals surface area contributed by atoms with Gasteiger partial charge in [0.25, 0.3) is 0 Å². The molecule has 0 saturated heterocycles. The highest BCUT2D eigenvalue weighted by atomic mass is 32.1. The fourth-order valence-corrected chi connectivity index (χ4v) is 2.52. The van der Waals surface area contributed by atoms with Crippen LogP contribution in [0.15, 0.2) is 48.5 Å². The lowest BCUT2D eigenvalue weighted by molar-refractivity contribution is 0.414. The minimum Gasteiger partial charge on any atom is -0.497 e. The van der Waals surface area contributed by atoms with Crippen molar-refractivity contribution in [3.05, 3.63) is 59.7 Å². The summed E-state index contributed by atoms with van der Waals surface area (Å²) in [7, 11) is 1.67.